The number of aldehydes is 1. The number of likely N-dealkylation sites (N-methyl/N-ethyl adjacent to an activating group) is 1. The Kier molecular flexibility index (Phi) is 8.86. The predicted octanol–water partition coefficient (Wildman–Crippen LogP) is 4.35. The summed E-state index contributed by atoms with van der Waals surface area (Å²) >= 11 is 0. The number of hydrogen-bond acceptors (Lipinski definition) is 8. The Morgan fingerprint density at radius 3 is 2.60 bits per heavy atom. The first-order valence-electron chi connectivity index (χ1n) is 11.6. The van der Waals surface area contributed by atoms with E-state index in [0.717, 1.165) is 42.8 Å². The summed E-state index contributed by atoms with van der Waals surface area (Å²) in [5.41, 5.74) is 2.74. The van der Waals surface area contributed by atoms with Gasteiger partial charge in [0.2, 0.25) is 5.91 Å². The van der Waals surface area contributed by atoms with E-state index >= 15 is 0 Å². The molecule has 184 valence electrons. The molecule has 0 unspecified atom stereocenters. The molecular formula is C26H32N6O3. The van der Waals surface area contributed by atoms with E-state index in [1.165, 1.54) is 13.8 Å². The molecule has 3 aromatic rings. The molecule has 0 spiro atoms. The van der Waals surface area contributed by atoms with Crippen LogP contribution in [0.25, 0.3) is 11.3 Å². The molecule has 4 rings (SSSR count). The van der Waals surface area contributed by atoms with Crippen LogP contribution in [0.1, 0.15) is 45.4 Å². The lowest BCUT2D eigenvalue weighted by molar-refractivity contribution is -0.114. The molecule has 3 N–H and O–H groups in total. The molecule has 1 saturated heterocycles. The molecule has 9 heteroatoms. The number of phenolic OH excluding ortho intramolecular Hbond substituents is 1. The van der Waals surface area contributed by atoms with Crippen LogP contribution in [0, 0.1) is 0 Å². The van der Waals surface area contributed by atoms with Gasteiger partial charge in [-0.1, -0.05) is 0 Å². The second-order valence-electron chi connectivity index (χ2n) is 8.58. The Morgan fingerprint density at radius 1 is 1.20 bits per heavy atom. The van der Waals surface area contributed by atoms with Gasteiger partial charge in [0, 0.05) is 61.2 Å². The molecule has 1 fully saturated rings. The molecule has 0 bridgehead atoms. The molecule has 1 amide bonds. The van der Waals surface area contributed by atoms with Crippen molar-refractivity contribution in [3.8, 4) is 17.0 Å². The molecule has 35 heavy (non-hydrogen) atoms. The van der Waals surface area contributed by atoms with Crippen LogP contribution < -0.4 is 10.6 Å². The summed E-state index contributed by atoms with van der Waals surface area (Å²) in [6.07, 6.45) is 6.41. The number of nitrogens with zero attached hydrogens (tertiary/aromatic N) is 4. The summed E-state index contributed by atoms with van der Waals surface area (Å²) < 4.78 is 0. The second kappa shape index (κ2) is 12.0. The first-order chi connectivity index (χ1) is 16.8. The van der Waals surface area contributed by atoms with Crippen LogP contribution in [0.5, 0.6) is 5.75 Å². The number of aromatic nitrogens is 3. The van der Waals surface area contributed by atoms with Crippen molar-refractivity contribution in [1.29, 1.82) is 0 Å². The number of amides is 1. The van der Waals surface area contributed by atoms with E-state index in [0.29, 0.717) is 23.2 Å². The third kappa shape index (κ3) is 7.07. The standard InChI is InChI=1S/C24H28N6O2.C2H4O/c1-15-6-7-18(14-30(15)3)24-28-21(17-5-4-10-25-13-17)12-23(29-24)27-19-8-9-20(22(32)11-19)26-16(2)31;1-2-3/h4-5,8-13,15,18,32H,6-7,14H2,1-3H3,(H,26,31)(H,27,28,29);2H,1H3/t15-,18+;/m0./s1. The van der Waals surface area contributed by atoms with Gasteiger partial charge in [-0.3, -0.25) is 9.78 Å². The molecular weight excluding hydrogens is 444 g/mol. The minimum absolute atomic E-state index is 0.0187. The van der Waals surface area contributed by atoms with Crippen LogP contribution >= 0.6 is 0 Å². The second-order valence-corrected chi connectivity index (χ2v) is 8.58. The number of nitrogens with one attached hydrogen (secondary N) is 2. The first kappa shape index (κ1) is 25.8. The van der Waals surface area contributed by atoms with E-state index in [1.807, 2.05) is 18.2 Å². The van der Waals surface area contributed by atoms with Gasteiger partial charge in [0.05, 0.1) is 11.4 Å². The van der Waals surface area contributed by atoms with Crippen molar-refractivity contribution in [3.05, 3.63) is 54.6 Å². The Hall–Kier alpha value is -3.85. The number of carbonyl (C=O) groups excluding carboxylic acids is 2. The lowest BCUT2D eigenvalue weighted by Crippen LogP contribution is -2.38. The van der Waals surface area contributed by atoms with Crippen molar-refractivity contribution < 1.29 is 14.7 Å². The van der Waals surface area contributed by atoms with Crippen molar-refractivity contribution in [2.45, 2.75) is 45.6 Å². The maximum atomic E-state index is 11.3. The van der Waals surface area contributed by atoms with E-state index in [-0.39, 0.29) is 17.6 Å². The number of phenols is 1. The van der Waals surface area contributed by atoms with E-state index in [4.69, 9.17) is 14.8 Å². The number of hydrogen-bond donors (Lipinski definition) is 3. The number of piperidine rings is 1. The molecule has 2 aromatic heterocycles. The number of likely N-dealkylation sites (tertiary alicyclic amines) is 1. The highest BCUT2D eigenvalue weighted by atomic mass is 16.3. The van der Waals surface area contributed by atoms with Crippen LogP contribution in [0.2, 0.25) is 0 Å². The number of carbonyl (C=O) groups is 2. The smallest absolute Gasteiger partial charge is 0.221 e. The minimum Gasteiger partial charge on any atom is -0.506 e. The third-order valence-electron chi connectivity index (χ3n) is 5.84. The summed E-state index contributed by atoms with van der Waals surface area (Å²) in [5.74, 6) is 1.42. The van der Waals surface area contributed by atoms with E-state index in [1.54, 1.807) is 30.6 Å². The van der Waals surface area contributed by atoms with Crippen molar-refractivity contribution in [2.75, 3.05) is 24.2 Å². The summed E-state index contributed by atoms with van der Waals surface area (Å²) in [6.45, 7) is 5.99. The Morgan fingerprint density at radius 2 is 1.97 bits per heavy atom. The van der Waals surface area contributed by atoms with Crippen molar-refractivity contribution >= 4 is 29.4 Å². The zero-order valence-electron chi connectivity index (χ0n) is 20.5. The van der Waals surface area contributed by atoms with Crippen LogP contribution in [0.4, 0.5) is 17.2 Å². The molecule has 0 saturated carbocycles. The molecule has 0 aliphatic carbocycles. The molecule has 1 aliphatic rings. The zero-order chi connectivity index (χ0) is 25.4. The Balaban J connectivity index is 0.00000108. The summed E-state index contributed by atoms with van der Waals surface area (Å²) in [4.78, 5) is 36.4. The highest BCUT2D eigenvalue weighted by molar-refractivity contribution is 5.90. The first-order valence-corrected chi connectivity index (χ1v) is 11.6. The highest BCUT2D eigenvalue weighted by Gasteiger charge is 2.26. The number of anilines is 3. The average molecular weight is 477 g/mol. The van der Waals surface area contributed by atoms with Gasteiger partial charge in [-0.2, -0.15) is 0 Å². The van der Waals surface area contributed by atoms with E-state index < -0.39 is 0 Å². The van der Waals surface area contributed by atoms with Gasteiger partial charge >= 0.3 is 0 Å². The fourth-order valence-electron chi connectivity index (χ4n) is 3.92. The Bertz CT molecular complexity index is 1160. The van der Waals surface area contributed by atoms with E-state index in [9.17, 15) is 9.90 Å². The molecule has 3 heterocycles. The average Bonchev–Trinajstić information content (AvgIpc) is 2.83. The van der Waals surface area contributed by atoms with Gasteiger partial charge in [-0.05, 0) is 58.0 Å². The number of pyridine rings is 1. The SMILES string of the molecule is CC(=O)Nc1ccc(Nc2cc(-c3cccnc3)nc([C@@H]3CC[C@H](C)N(C)C3)n2)cc1O.CC=O. The predicted molar refractivity (Wildman–Crippen MR) is 137 cm³/mol. The lowest BCUT2D eigenvalue weighted by Gasteiger charge is -2.34. The quantitative estimate of drug-likeness (QED) is 0.367. The van der Waals surface area contributed by atoms with E-state index in [2.05, 4.69) is 34.5 Å². The van der Waals surface area contributed by atoms with Gasteiger partial charge in [0.15, 0.2) is 0 Å². The highest BCUT2D eigenvalue weighted by Crippen LogP contribution is 2.32. The summed E-state index contributed by atoms with van der Waals surface area (Å²) in [5, 5.41) is 16.1. The van der Waals surface area contributed by atoms with Gasteiger partial charge in [0.25, 0.3) is 0 Å². The zero-order valence-corrected chi connectivity index (χ0v) is 20.5. The molecule has 1 aliphatic heterocycles. The summed E-state index contributed by atoms with van der Waals surface area (Å²) in [7, 11) is 2.14. The molecule has 9 nitrogen and oxygen atoms in total. The monoisotopic (exact) mass is 476 g/mol. The largest absolute Gasteiger partial charge is 0.506 e. The summed E-state index contributed by atoms with van der Waals surface area (Å²) in [6, 6.07) is 11.3. The number of benzene rings is 1. The van der Waals surface area contributed by atoms with Gasteiger partial charge in [-0.25, -0.2) is 9.97 Å². The van der Waals surface area contributed by atoms with Gasteiger partial charge in [0.1, 0.15) is 23.7 Å². The van der Waals surface area contributed by atoms with Crippen LogP contribution in [0.15, 0.2) is 48.8 Å². The fourth-order valence-corrected chi connectivity index (χ4v) is 3.92. The van der Waals surface area contributed by atoms with Crippen molar-refractivity contribution in [1.82, 2.24) is 19.9 Å². The normalized spacial score (nSPS) is 17.6. The fraction of sp³-hybridized carbons (Fsp3) is 0.346. The Labute approximate surface area is 205 Å². The minimum atomic E-state index is -0.241. The van der Waals surface area contributed by atoms with Crippen molar-refractivity contribution in [2.24, 2.45) is 0 Å². The van der Waals surface area contributed by atoms with Crippen molar-refractivity contribution in [3.63, 3.8) is 0 Å². The lowest BCUT2D eigenvalue weighted by atomic mass is 9.93. The van der Waals surface area contributed by atoms with Gasteiger partial charge < -0.3 is 25.4 Å². The topological polar surface area (TPSA) is 120 Å². The maximum absolute atomic E-state index is 11.3. The number of rotatable bonds is 5. The van der Waals surface area contributed by atoms with Gasteiger partial charge in [-0.15, -0.1) is 0 Å². The molecule has 2 atom stereocenters. The van der Waals surface area contributed by atoms with Crippen LogP contribution in [-0.4, -0.2) is 56.8 Å². The molecule has 0 radical (unpaired) electrons. The number of aromatic hydroxyl groups is 1. The van der Waals surface area contributed by atoms with Crippen LogP contribution in [0.3, 0.4) is 0 Å². The van der Waals surface area contributed by atoms with Crippen LogP contribution in [-0.2, 0) is 9.59 Å². The maximum Gasteiger partial charge on any atom is 0.221 e. The third-order valence-corrected chi connectivity index (χ3v) is 5.84. The molecule has 1 aromatic carbocycles.